The van der Waals surface area contributed by atoms with E-state index in [0.717, 1.165) is 5.69 Å². The zero-order chi connectivity index (χ0) is 10.6. The third-order valence-electron chi connectivity index (χ3n) is 1.74. The van der Waals surface area contributed by atoms with Crippen LogP contribution in [0.4, 0.5) is 10.6 Å². The number of carbonyl (C=O) groups is 1. The smallest absolute Gasteiger partial charge is 0.320 e. The Morgan fingerprint density at radius 1 is 1.71 bits per heavy atom. The Morgan fingerprint density at radius 3 is 2.93 bits per heavy atom. The van der Waals surface area contributed by atoms with Crippen LogP contribution in [-0.4, -0.2) is 28.2 Å². The second-order valence-electron chi connectivity index (χ2n) is 2.86. The first-order valence-corrected chi connectivity index (χ1v) is 4.78. The predicted octanol–water partition coefficient (Wildman–Crippen LogP) is 1.09. The molecule has 2 amide bonds. The average Bonchev–Trinajstić information content (AvgIpc) is 2.42. The summed E-state index contributed by atoms with van der Waals surface area (Å²) in [5, 5.41) is 9.25. The van der Waals surface area contributed by atoms with Gasteiger partial charge < -0.3 is 5.32 Å². The molecule has 0 fully saturated rings. The number of alkyl halides is 1. The zero-order valence-electron chi connectivity index (χ0n) is 8.17. The zero-order valence-corrected chi connectivity index (χ0v) is 8.93. The molecule has 0 aliphatic heterocycles. The van der Waals surface area contributed by atoms with Crippen molar-refractivity contribution in [2.45, 2.75) is 6.92 Å². The molecule has 0 aromatic carbocycles. The number of anilines is 1. The summed E-state index contributed by atoms with van der Waals surface area (Å²) in [4.78, 5) is 11.2. The van der Waals surface area contributed by atoms with Gasteiger partial charge in [0.15, 0.2) is 5.82 Å². The minimum atomic E-state index is -0.288. The first-order valence-electron chi connectivity index (χ1n) is 4.25. The van der Waals surface area contributed by atoms with Gasteiger partial charge in [0.2, 0.25) is 0 Å². The molecule has 2 N–H and O–H groups in total. The van der Waals surface area contributed by atoms with Crippen LogP contribution in [0.3, 0.4) is 0 Å². The summed E-state index contributed by atoms with van der Waals surface area (Å²) < 4.78 is 1.69. The molecule has 0 aliphatic rings. The number of urea groups is 1. The average molecular weight is 217 g/mol. The van der Waals surface area contributed by atoms with E-state index in [-0.39, 0.29) is 6.03 Å². The molecule has 1 aromatic rings. The van der Waals surface area contributed by atoms with Gasteiger partial charge in [-0.25, -0.2) is 4.79 Å². The third kappa shape index (κ3) is 2.92. The van der Waals surface area contributed by atoms with Gasteiger partial charge in [-0.1, -0.05) is 0 Å². The Hall–Kier alpha value is -1.23. The van der Waals surface area contributed by atoms with Crippen LogP contribution in [0.5, 0.6) is 0 Å². The number of aromatic nitrogens is 2. The lowest BCUT2D eigenvalue weighted by Gasteiger charge is -2.02. The highest BCUT2D eigenvalue weighted by atomic mass is 35.5. The van der Waals surface area contributed by atoms with Gasteiger partial charge in [-0.2, -0.15) is 5.10 Å². The van der Waals surface area contributed by atoms with E-state index in [4.69, 9.17) is 11.6 Å². The summed E-state index contributed by atoms with van der Waals surface area (Å²) in [6, 6.07) is 1.50. The molecule has 6 heteroatoms. The largest absolute Gasteiger partial charge is 0.337 e. The molecule has 0 atom stereocenters. The predicted molar refractivity (Wildman–Crippen MR) is 55.7 cm³/mol. The minimum absolute atomic E-state index is 0.288. The number of nitrogens with one attached hydrogen (secondary N) is 2. The molecule has 0 saturated heterocycles. The molecular formula is C8H13ClN4O. The highest BCUT2D eigenvalue weighted by Gasteiger charge is 2.04. The van der Waals surface area contributed by atoms with Gasteiger partial charge in [0.1, 0.15) is 0 Å². The summed E-state index contributed by atoms with van der Waals surface area (Å²) in [6.45, 7) is 2.36. The number of aryl methyl sites for hydroxylation is 2. The molecule has 78 valence electrons. The molecule has 0 unspecified atom stereocenters. The van der Waals surface area contributed by atoms with E-state index >= 15 is 0 Å². The summed E-state index contributed by atoms with van der Waals surface area (Å²) in [7, 11) is 1.82. The lowest BCUT2D eigenvalue weighted by Crippen LogP contribution is -2.30. The highest BCUT2D eigenvalue weighted by Crippen LogP contribution is 2.05. The number of halogens is 1. The topological polar surface area (TPSA) is 59.0 Å². The fourth-order valence-electron chi connectivity index (χ4n) is 0.943. The van der Waals surface area contributed by atoms with Crippen molar-refractivity contribution in [2.24, 2.45) is 7.05 Å². The maximum atomic E-state index is 11.2. The first kappa shape index (κ1) is 10.8. The molecule has 5 nitrogen and oxygen atoms in total. The maximum Gasteiger partial charge on any atom is 0.320 e. The Kier molecular flexibility index (Phi) is 3.76. The fourth-order valence-corrected chi connectivity index (χ4v) is 1.04. The molecule has 0 spiro atoms. The van der Waals surface area contributed by atoms with E-state index in [1.807, 2.05) is 14.0 Å². The SMILES string of the molecule is Cc1cc(NC(=O)NCCCl)nn1C. The van der Waals surface area contributed by atoms with E-state index in [0.29, 0.717) is 18.2 Å². The Bertz CT molecular complexity index is 304. The van der Waals surface area contributed by atoms with Crippen molar-refractivity contribution in [3.63, 3.8) is 0 Å². The normalized spacial score (nSPS) is 9.93. The second kappa shape index (κ2) is 4.85. The van der Waals surface area contributed by atoms with Crippen molar-refractivity contribution in [1.29, 1.82) is 0 Å². The van der Waals surface area contributed by atoms with Gasteiger partial charge in [0.05, 0.1) is 0 Å². The summed E-state index contributed by atoms with van der Waals surface area (Å²) in [5.74, 6) is 0.936. The maximum absolute atomic E-state index is 11.2. The van der Waals surface area contributed by atoms with E-state index in [2.05, 4.69) is 15.7 Å². The van der Waals surface area contributed by atoms with Crippen LogP contribution >= 0.6 is 11.6 Å². The Morgan fingerprint density at radius 2 is 2.43 bits per heavy atom. The van der Waals surface area contributed by atoms with Crippen LogP contribution in [-0.2, 0) is 7.05 Å². The number of nitrogens with zero attached hydrogens (tertiary/aromatic N) is 2. The van der Waals surface area contributed by atoms with Crippen LogP contribution in [0.15, 0.2) is 6.07 Å². The molecule has 1 heterocycles. The van der Waals surface area contributed by atoms with Crippen molar-refractivity contribution in [3.05, 3.63) is 11.8 Å². The third-order valence-corrected chi connectivity index (χ3v) is 1.92. The van der Waals surface area contributed by atoms with Crippen molar-refractivity contribution in [1.82, 2.24) is 15.1 Å². The molecule has 14 heavy (non-hydrogen) atoms. The number of amides is 2. The van der Waals surface area contributed by atoms with E-state index in [1.54, 1.807) is 10.7 Å². The van der Waals surface area contributed by atoms with Crippen molar-refractivity contribution >= 4 is 23.4 Å². The number of hydrogen-bond donors (Lipinski definition) is 2. The standard InChI is InChI=1S/C8H13ClN4O/c1-6-5-7(12-13(6)2)11-8(14)10-4-3-9/h5H,3-4H2,1-2H3,(H2,10,11,12,14). The van der Waals surface area contributed by atoms with Crippen molar-refractivity contribution in [2.75, 3.05) is 17.7 Å². The molecular weight excluding hydrogens is 204 g/mol. The lowest BCUT2D eigenvalue weighted by molar-refractivity contribution is 0.252. The van der Waals surface area contributed by atoms with Crippen LogP contribution in [0, 0.1) is 6.92 Å². The molecule has 1 aromatic heterocycles. The highest BCUT2D eigenvalue weighted by molar-refractivity contribution is 6.18. The fraction of sp³-hybridized carbons (Fsp3) is 0.500. The molecule has 0 bridgehead atoms. The van der Waals surface area contributed by atoms with E-state index in [1.165, 1.54) is 0 Å². The molecule has 1 rings (SSSR count). The van der Waals surface area contributed by atoms with E-state index in [9.17, 15) is 4.79 Å². The van der Waals surface area contributed by atoms with Gasteiger partial charge in [-0.15, -0.1) is 11.6 Å². The second-order valence-corrected chi connectivity index (χ2v) is 3.24. The molecule has 0 saturated carbocycles. The van der Waals surface area contributed by atoms with E-state index < -0.39 is 0 Å². The Balaban J connectivity index is 2.48. The van der Waals surface area contributed by atoms with Crippen LogP contribution in [0.2, 0.25) is 0 Å². The summed E-state index contributed by atoms with van der Waals surface area (Å²) >= 11 is 5.42. The van der Waals surface area contributed by atoms with Crippen LogP contribution in [0.1, 0.15) is 5.69 Å². The number of rotatable bonds is 3. The first-order chi connectivity index (χ1) is 6.63. The van der Waals surface area contributed by atoms with Crippen molar-refractivity contribution in [3.8, 4) is 0 Å². The van der Waals surface area contributed by atoms with Gasteiger partial charge in [0, 0.05) is 31.2 Å². The minimum Gasteiger partial charge on any atom is -0.337 e. The molecule has 0 aliphatic carbocycles. The summed E-state index contributed by atoms with van der Waals surface area (Å²) in [6.07, 6.45) is 0. The number of hydrogen-bond acceptors (Lipinski definition) is 2. The number of carbonyl (C=O) groups excluding carboxylic acids is 1. The van der Waals surface area contributed by atoms with Crippen LogP contribution in [0.25, 0.3) is 0 Å². The van der Waals surface area contributed by atoms with Gasteiger partial charge in [0.25, 0.3) is 0 Å². The van der Waals surface area contributed by atoms with Gasteiger partial charge >= 0.3 is 6.03 Å². The van der Waals surface area contributed by atoms with Gasteiger partial charge in [-0.05, 0) is 6.92 Å². The van der Waals surface area contributed by atoms with Crippen molar-refractivity contribution < 1.29 is 4.79 Å². The van der Waals surface area contributed by atoms with Gasteiger partial charge in [-0.3, -0.25) is 10.00 Å². The monoisotopic (exact) mass is 216 g/mol. The van der Waals surface area contributed by atoms with Crippen LogP contribution < -0.4 is 10.6 Å². The Labute approximate surface area is 87.4 Å². The lowest BCUT2D eigenvalue weighted by atomic mass is 10.5. The summed E-state index contributed by atoms with van der Waals surface area (Å²) in [5.41, 5.74) is 0.984. The molecule has 0 radical (unpaired) electrons. The quantitative estimate of drug-likeness (QED) is 0.744.